The smallest absolute Gasteiger partial charge is 0.306 e. The van der Waals surface area contributed by atoms with Gasteiger partial charge < -0.3 is 9.84 Å². The molecule has 0 saturated heterocycles. The SMILES string of the molecule is CCOC(=O)CCc1ccccc1O. The fourth-order valence-corrected chi connectivity index (χ4v) is 1.19. The van der Waals surface area contributed by atoms with Gasteiger partial charge in [0.2, 0.25) is 0 Å². The van der Waals surface area contributed by atoms with Crippen LogP contribution in [0.1, 0.15) is 18.9 Å². The molecule has 3 nitrogen and oxygen atoms in total. The highest BCUT2D eigenvalue weighted by atomic mass is 16.5. The van der Waals surface area contributed by atoms with Crippen molar-refractivity contribution in [3.8, 4) is 5.75 Å². The van der Waals surface area contributed by atoms with Crippen LogP contribution in [0.2, 0.25) is 0 Å². The van der Waals surface area contributed by atoms with Crippen LogP contribution in [0.4, 0.5) is 0 Å². The maximum absolute atomic E-state index is 11.0. The third-order valence-corrected chi connectivity index (χ3v) is 1.90. The molecule has 0 aliphatic rings. The molecular formula is C11H14O3. The highest BCUT2D eigenvalue weighted by molar-refractivity contribution is 5.69. The molecule has 1 rings (SSSR count). The second kappa shape index (κ2) is 5.27. The van der Waals surface area contributed by atoms with Crippen molar-refractivity contribution >= 4 is 5.97 Å². The molecule has 0 fully saturated rings. The third-order valence-electron chi connectivity index (χ3n) is 1.90. The lowest BCUT2D eigenvalue weighted by Crippen LogP contribution is -2.05. The maximum Gasteiger partial charge on any atom is 0.306 e. The fourth-order valence-electron chi connectivity index (χ4n) is 1.19. The van der Waals surface area contributed by atoms with Crippen LogP contribution in [0, 0.1) is 0 Å². The number of hydrogen-bond acceptors (Lipinski definition) is 3. The zero-order chi connectivity index (χ0) is 10.4. The van der Waals surface area contributed by atoms with Crippen LogP contribution in [0.25, 0.3) is 0 Å². The standard InChI is InChI=1S/C11H14O3/c1-2-14-11(13)8-7-9-5-3-4-6-10(9)12/h3-6,12H,2,7-8H2,1H3. The molecule has 0 amide bonds. The highest BCUT2D eigenvalue weighted by Crippen LogP contribution is 2.17. The molecular weight excluding hydrogens is 180 g/mol. The first-order chi connectivity index (χ1) is 6.74. The molecule has 76 valence electrons. The first kappa shape index (κ1) is 10.6. The summed E-state index contributed by atoms with van der Waals surface area (Å²) in [6, 6.07) is 7.00. The number of para-hydroxylation sites is 1. The van der Waals surface area contributed by atoms with Crippen molar-refractivity contribution in [3.63, 3.8) is 0 Å². The van der Waals surface area contributed by atoms with E-state index in [1.54, 1.807) is 25.1 Å². The summed E-state index contributed by atoms with van der Waals surface area (Å²) < 4.78 is 4.78. The molecule has 14 heavy (non-hydrogen) atoms. The van der Waals surface area contributed by atoms with Gasteiger partial charge in [-0.1, -0.05) is 18.2 Å². The van der Waals surface area contributed by atoms with Crippen LogP contribution in [0.3, 0.4) is 0 Å². The van der Waals surface area contributed by atoms with Crippen molar-refractivity contribution in [2.75, 3.05) is 6.61 Å². The summed E-state index contributed by atoms with van der Waals surface area (Å²) in [6.07, 6.45) is 0.830. The van der Waals surface area contributed by atoms with E-state index >= 15 is 0 Å². The monoisotopic (exact) mass is 194 g/mol. The van der Waals surface area contributed by atoms with Crippen molar-refractivity contribution in [1.29, 1.82) is 0 Å². The van der Waals surface area contributed by atoms with Gasteiger partial charge >= 0.3 is 5.97 Å². The predicted molar refractivity (Wildman–Crippen MR) is 53.1 cm³/mol. The number of aryl methyl sites for hydroxylation is 1. The summed E-state index contributed by atoms with van der Waals surface area (Å²) in [6.45, 7) is 2.18. The van der Waals surface area contributed by atoms with Crippen LogP contribution in [0.15, 0.2) is 24.3 Å². The van der Waals surface area contributed by atoms with Gasteiger partial charge in [0.25, 0.3) is 0 Å². The van der Waals surface area contributed by atoms with E-state index in [9.17, 15) is 9.90 Å². The minimum atomic E-state index is -0.226. The minimum Gasteiger partial charge on any atom is -0.508 e. The summed E-state index contributed by atoms with van der Waals surface area (Å²) >= 11 is 0. The number of esters is 1. The molecule has 0 bridgehead atoms. The number of rotatable bonds is 4. The Labute approximate surface area is 83.3 Å². The van der Waals surface area contributed by atoms with E-state index in [0.717, 1.165) is 5.56 Å². The number of phenols is 1. The Morgan fingerprint density at radius 1 is 1.43 bits per heavy atom. The molecule has 0 heterocycles. The van der Waals surface area contributed by atoms with Crippen molar-refractivity contribution in [1.82, 2.24) is 0 Å². The molecule has 1 aromatic carbocycles. The van der Waals surface area contributed by atoms with E-state index in [-0.39, 0.29) is 11.7 Å². The van der Waals surface area contributed by atoms with E-state index in [1.165, 1.54) is 0 Å². The Morgan fingerprint density at radius 3 is 2.79 bits per heavy atom. The fraction of sp³-hybridized carbons (Fsp3) is 0.364. The molecule has 3 heteroatoms. The van der Waals surface area contributed by atoms with E-state index in [1.807, 2.05) is 6.07 Å². The minimum absolute atomic E-state index is 0.226. The number of ether oxygens (including phenoxy) is 1. The molecule has 0 unspecified atom stereocenters. The van der Waals surface area contributed by atoms with Crippen molar-refractivity contribution in [2.45, 2.75) is 19.8 Å². The quantitative estimate of drug-likeness (QED) is 0.744. The zero-order valence-electron chi connectivity index (χ0n) is 8.19. The average molecular weight is 194 g/mol. The van der Waals surface area contributed by atoms with Gasteiger partial charge in [-0.3, -0.25) is 4.79 Å². The molecule has 0 radical (unpaired) electrons. The molecule has 0 spiro atoms. The summed E-state index contributed by atoms with van der Waals surface area (Å²) in [5.41, 5.74) is 0.778. The van der Waals surface area contributed by atoms with Gasteiger partial charge in [0.05, 0.1) is 6.61 Å². The summed E-state index contributed by atoms with van der Waals surface area (Å²) in [5, 5.41) is 9.40. The Bertz CT molecular complexity index is 307. The Balaban J connectivity index is 2.46. The number of carbonyl (C=O) groups is 1. The molecule has 0 aliphatic carbocycles. The third kappa shape index (κ3) is 3.09. The second-order valence-corrected chi connectivity index (χ2v) is 2.93. The highest BCUT2D eigenvalue weighted by Gasteiger charge is 2.04. The molecule has 0 aromatic heterocycles. The van der Waals surface area contributed by atoms with E-state index in [2.05, 4.69) is 0 Å². The van der Waals surface area contributed by atoms with Crippen molar-refractivity contribution in [2.24, 2.45) is 0 Å². The van der Waals surface area contributed by atoms with E-state index in [0.29, 0.717) is 19.4 Å². The second-order valence-electron chi connectivity index (χ2n) is 2.93. The summed E-state index contributed by atoms with van der Waals surface area (Å²) in [4.78, 5) is 11.0. The zero-order valence-corrected chi connectivity index (χ0v) is 8.19. The van der Waals surface area contributed by atoms with Gasteiger partial charge in [0.1, 0.15) is 5.75 Å². The first-order valence-electron chi connectivity index (χ1n) is 4.66. The van der Waals surface area contributed by atoms with Crippen LogP contribution in [0.5, 0.6) is 5.75 Å². The number of aromatic hydroxyl groups is 1. The molecule has 0 atom stereocenters. The van der Waals surface area contributed by atoms with Gasteiger partial charge in [-0.05, 0) is 25.0 Å². The van der Waals surface area contributed by atoms with Crippen LogP contribution < -0.4 is 0 Å². The molecule has 1 aromatic rings. The number of benzene rings is 1. The maximum atomic E-state index is 11.0. The van der Waals surface area contributed by atoms with Crippen molar-refractivity contribution in [3.05, 3.63) is 29.8 Å². The van der Waals surface area contributed by atoms with Gasteiger partial charge in [-0.2, -0.15) is 0 Å². The number of carbonyl (C=O) groups excluding carboxylic acids is 1. The van der Waals surface area contributed by atoms with Gasteiger partial charge in [-0.15, -0.1) is 0 Å². The Kier molecular flexibility index (Phi) is 3.98. The van der Waals surface area contributed by atoms with E-state index < -0.39 is 0 Å². The lowest BCUT2D eigenvalue weighted by atomic mass is 10.1. The van der Waals surface area contributed by atoms with E-state index in [4.69, 9.17) is 4.74 Å². The Morgan fingerprint density at radius 2 is 2.14 bits per heavy atom. The van der Waals surface area contributed by atoms with Gasteiger partial charge in [-0.25, -0.2) is 0 Å². The summed E-state index contributed by atoms with van der Waals surface area (Å²) in [7, 11) is 0. The van der Waals surface area contributed by atoms with Gasteiger partial charge in [0, 0.05) is 6.42 Å². The Hall–Kier alpha value is -1.51. The lowest BCUT2D eigenvalue weighted by molar-refractivity contribution is -0.143. The normalized spacial score (nSPS) is 9.79. The predicted octanol–water partition coefficient (Wildman–Crippen LogP) is 1.89. The first-order valence-corrected chi connectivity index (χ1v) is 4.66. The summed E-state index contributed by atoms with van der Waals surface area (Å²) in [5.74, 6) is 0.00699. The van der Waals surface area contributed by atoms with Gasteiger partial charge in [0.15, 0.2) is 0 Å². The lowest BCUT2D eigenvalue weighted by Gasteiger charge is -2.03. The molecule has 1 N–H and O–H groups in total. The topological polar surface area (TPSA) is 46.5 Å². The largest absolute Gasteiger partial charge is 0.508 e. The number of phenolic OH excluding ortho intramolecular Hbond substituents is 1. The molecule has 0 saturated carbocycles. The molecule has 0 aliphatic heterocycles. The number of hydrogen-bond donors (Lipinski definition) is 1. The van der Waals surface area contributed by atoms with Crippen LogP contribution >= 0.6 is 0 Å². The van der Waals surface area contributed by atoms with Crippen LogP contribution in [-0.4, -0.2) is 17.7 Å². The van der Waals surface area contributed by atoms with Crippen LogP contribution in [-0.2, 0) is 16.0 Å². The average Bonchev–Trinajstić information content (AvgIpc) is 2.17. The van der Waals surface area contributed by atoms with Crippen molar-refractivity contribution < 1.29 is 14.6 Å².